The molecule has 0 heterocycles. The minimum atomic E-state index is -0.152. The maximum atomic E-state index is 10.4. The fourth-order valence-electron chi connectivity index (χ4n) is 0.177. The molecule has 0 aromatic rings. The second-order valence-electron chi connectivity index (χ2n) is 1.43. The van der Waals surface area contributed by atoms with Gasteiger partial charge in [-0.15, -0.1) is 5.11 Å². The van der Waals surface area contributed by atoms with Crippen LogP contribution < -0.4 is 0 Å². The maximum absolute atomic E-state index is 10.4. The first kappa shape index (κ1) is 7.81. The summed E-state index contributed by atoms with van der Waals surface area (Å²) in [7, 11) is 1.52. The van der Waals surface area contributed by atoms with Crippen LogP contribution in [-0.4, -0.2) is 18.0 Å². The number of carbonyl (C=O) groups is 1. The SMILES string of the molecule is C=CN=NN(C)C(C)=O. The zero-order valence-electron chi connectivity index (χ0n) is 5.53. The van der Waals surface area contributed by atoms with Gasteiger partial charge in [0.15, 0.2) is 0 Å². The third-order valence-corrected chi connectivity index (χ3v) is 0.723. The Bertz CT molecular complexity index is 141. The molecule has 0 aliphatic heterocycles. The first-order valence-electron chi connectivity index (χ1n) is 2.44. The number of carbonyl (C=O) groups excluding carboxylic acids is 1. The van der Waals surface area contributed by atoms with Gasteiger partial charge in [-0.25, -0.2) is 5.01 Å². The lowest BCUT2D eigenvalue weighted by Gasteiger charge is -2.02. The van der Waals surface area contributed by atoms with Crippen molar-refractivity contribution in [2.24, 2.45) is 10.3 Å². The van der Waals surface area contributed by atoms with Crippen LogP contribution in [0, 0.1) is 0 Å². The van der Waals surface area contributed by atoms with E-state index in [2.05, 4.69) is 16.9 Å². The smallest absolute Gasteiger partial charge is 0.240 e. The van der Waals surface area contributed by atoms with Crippen LogP contribution in [0.4, 0.5) is 0 Å². The van der Waals surface area contributed by atoms with Crippen molar-refractivity contribution in [2.75, 3.05) is 7.05 Å². The highest BCUT2D eigenvalue weighted by Gasteiger charge is 1.95. The van der Waals surface area contributed by atoms with Gasteiger partial charge in [0.1, 0.15) is 0 Å². The van der Waals surface area contributed by atoms with Crippen LogP contribution in [0.15, 0.2) is 23.1 Å². The number of rotatable bonds is 2. The lowest BCUT2D eigenvalue weighted by atomic mass is 10.7. The average molecular weight is 127 g/mol. The van der Waals surface area contributed by atoms with Crippen LogP contribution in [0.5, 0.6) is 0 Å². The molecule has 0 saturated carbocycles. The van der Waals surface area contributed by atoms with E-state index >= 15 is 0 Å². The second kappa shape index (κ2) is 3.77. The molecule has 0 atom stereocenters. The van der Waals surface area contributed by atoms with Crippen LogP contribution in [0.25, 0.3) is 0 Å². The summed E-state index contributed by atoms with van der Waals surface area (Å²) in [6.45, 7) is 4.70. The Hall–Kier alpha value is -1.19. The zero-order valence-corrected chi connectivity index (χ0v) is 5.53. The molecular formula is C5H9N3O. The third kappa shape index (κ3) is 3.40. The van der Waals surface area contributed by atoms with Crippen molar-refractivity contribution in [1.82, 2.24) is 5.01 Å². The fraction of sp³-hybridized carbons (Fsp3) is 0.400. The zero-order chi connectivity index (χ0) is 7.28. The van der Waals surface area contributed by atoms with Crippen molar-refractivity contribution < 1.29 is 4.79 Å². The van der Waals surface area contributed by atoms with Crippen molar-refractivity contribution in [2.45, 2.75) is 6.92 Å². The molecule has 0 saturated heterocycles. The van der Waals surface area contributed by atoms with E-state index in [-0.39, 0.29) is 5.91 Å². The normalized spacial score (nSPS) is 9.56. The summed E-state index contributed by atoms with van der Waals surface area (Å²) in [4.78, 5) is 10.4. The third-order valence-electron chi connectivity index (χ3n) is 0.723. The molecule has 0 N–H and O–H groups in total. The highest BCUT2D eigenvalue weighted by Crippen LogP contribution is 1.85. The standard InChI is InChI=1S/C5H9N3O/c1-4-6-7-8(3)5(2)9/h4H,1H2,2-3H3. The summed E-state index contributed by atoms with van der Waals surface area (Å²) < 4.78 is 0. The van der Waals surface area contributed by atoms with Gasteiger partial charge in [-0.2, -0.15) is 0 Å². The summed E-state index contributed by atoms with van der Waals surface area (Å²) in [6.07, 6.45) is 1.26. The molecular weight excluding hydrogens is 118 g/mol. The first-order chi connectivity index (χ1) is 4.18. The molecule has 0 aromatic heterocycles. The van der Waals surface area contributed by atoms with E-state index in [1.807, 2.05) is 0 Å². The molecule has 0 aliphatic carbocycles. The largest absolute Gasteiger partial charge is 0.273 e. The molecule has 50 valence electrons. The fourth-order valence-corrected chi connectivity index (χ4v) is 0.177. The first-order valence-corrected chi connectivity index (χ1v) is 2.44. The van der Waals surface area contributed by atoms with Crippen molar-refractivity contribution in [3.05, 3.63) is 12.8 Å². The topological polar surface area (TPSA) is 45.0 Å². The van der Waals surface area contributed by atoms with Gasteiger partial charge in [0, 0.05) is 20.2 Å². The molecule has 0 spiro atoms. The molecule has 0 radical (unpaired) electrons. The van der Waals surface area contributed by atoms with Crippen LogP contribution in [-0.2, 0) is 4.79 Å². The molecule has 4 nitrogen and oxygen atoms in total. The van der Waals surface area contributed by atoms with E-state index in [0.717, 1.165) is 5.01 Å². The van der Waals surface area contributed by atoms with E-state index in [0.29, 0.717) is 0 Å². The van der Waals surface area contributed by atoms with Gasteiger partial charge < -0.3 is 0 Å². The van der Waals surface area contributed by atoms with Gasteiger partial charge >= 0.3 is 0 Å². The van der Waals surface area contributed by atoms with E-state index in [1.165, 1.54) is 20.2 Å². The van der Waals surface area contributed by atoms with E-state index < -0.39 is 0 Å². The van der Waals surface area contributed by atoms with Gasteiger partial charge in [0.2, 0.25) is 5.91 Å². The second-order valence-corrected chi connectivity index (χ2v) is 1.43. The van der Waals surface area contributed by atoms with Gasteiger partial charge in [0.05, 0.1) is 0 Å². The lowest BCUT2D eigenvalue weighted by molar-refractivity contribution is -0.127. The summed E-state index contributed by atoms with van der Waals surface area (Å²) >= 11 is 0. The molecule has 9 heavy (non-hydrogen) atoms. The Morgan fingerprint density at radius 2 is 2.33 bits per heavy atom. The molecule has 1 amide bonds. The van der Waals surface area contributed by atoms with Gasteiger partial charge in [-0.1, -0.05) is 11.8 Å². The molecule has 0 fully saturated rings. The van der Waals surface area contributed by atoms with Crippen LogP contribution >= 0.6 is 0 Å². The predicted molar refractivity (Wildman–Crippen MR) is 33.5 cm³/mol. The van der Waals surface area contributed by atoms with Crippen molar-refractivity contribution in [3.8, 4) is 0 Å². The number of hydrogen-bond donors (Lipinski definition) is 0. The van der Waals surface area contributed by atoms with Gasteiger partial charge in [-0.3, -0.25) is 4.79 Å². The summed E-state index contributed by atoms with van der Waals surface area (Å²) in [5.41, 5.74) is 0. The maximum Gasteiger partial charge on any atom is 0.240 e. The van der Waals surface area contributed by atoms with E-state index in [1.54, 1.807) is 0 Å². The van der Waals surface area contributed by atoms with Crippen molar-refractivity contribution in [3.63, 3.8) is 0 Å². The monoisotopic (exact) mass is 127 g/mol. The quantitative estimate of drug-likeness (QED) is 0.402. The van der Waals surface area contributed by atoms with Crippen molar-refractivity contribution in [1.29, 1.82) is 0 Å². The van der Waals surface area contributed by atoms with Gasteiger partial charge in [-0.05, 0) is 0 Å². The molecule has 0 unspecified atom stereocenters. The summed E-state index contributed by atoms with van der Waals surface area (Å²) in [5, 5.41) is 7.95. The molecule has 4 heteroatoms. The molecule has 0 bridgehead atoms. The van der Waals surface area contributed by atoms with Crippen molar-refractivity contribution >= 4 is 5.91 Å². The molecule has 0 rings (SSSR count). The Morgan fingerprint density at radius 1 is 1.78 bits per heavy atom. The number of amides is 1. The Kier molecular flexibility index (Phi) is 3.27. The van der Waals surface area contributed by atoms with Gasteiger partial charge in [0.25, 0.3) is 0 Å². The number of nitrogens with zero attached hydrogens (tertiary/aromatic N) is 3. The predicted octanol–water partition coefficient (Wildman–Crippen LogP) is 0.975. The lowest BCUT2D eigenvalue weighted by Crippen LogP contribution is -2.15. The van der Waals surface area contributed by atoms with E-state index in [9.17, 15) is 4.79 Å². The van der Waals surface area contributed by atoms with Crippen LogP contribution in [0.1, 0.15) is 6.92 Å². The number of hydrogen-bond acceptors (Lipinski definition) is 3. The highest BCUT2D eigenvalue weighted by atomic mass is 16.2. The average Bonchev–Trinajstić information content (AvgIpc) is 1.82. The minimum absolute atomic E-state index is 0.152. The molecule has 0 aromatic carbocycles. The Balaban J connectivity index is 3.75. The summed E-state index contributed by atoms with van der Waals surface area (Å²) in [6, 6.07) is 0. The van der Waals surface area contributed by atoms with E-state index in [4.69, 9.17) is 0 Å². The van der Waals surface area contributed by atoms with Crippen LogP contribution in [0.3, 0.4) is 0 Å². The Labute approximate surface area is 53.8 Å². The molecule has 0 aliphatic rings. The Morgan fingerprint density at radius 3 is 2.67 bits per heavy atom. The minimum Gasteiger partial charge on any atom is -0.273 e. The summed E-state index contributed by atoms with van der Waals surface area (Å²) in [5.74, 6) is -0.152. The highest BCUT2D eigenvalue weighted by molar-refractivity contribution is 5.72. The van der Waals surface area contributed by atoms with Crippen LogP contribution in [0.2, 0.25) is 0 Å².